The van der Waals surface area contributed by atoms with Crippen LogP contribution in [0.2, 0.25) is 0 Å². The Balaban J connectivity index is 1.90. The average Bonchev–Trinajstić information content (AvgIpc) is 3.26. The zero-order chi connectivity index (χ0) is 19.9. The first-order valence-corrected chi connectivity index (χ1v) is 8.60. The second kappa shape index (κ2) is 9.05. The lowest BCUT2D eigenvalue weighted by Gasteiger charge is -2.32. The summed E-state index contributed by atoms with van der Waals surface area (Å²) in [5.74, 6) is -0.775. The molecule has 0 radical (unpaired) electrons. The topological polar surface area (TPSA) is 92.1 Å². The number of benzene rings is 1. The molecule has 0 saturated heterocycles. The van der Waals surface area contributed by atoms with Gasteiger partial charge in [-0.15, -0.1) is 0 Å². The Kier molecular flexibility index (Phi) is 6.28. The van der Waals surface area contributed by atoms with Crippen molar-refractivity contribution in [1.29, 1.82) is 0 Å². The van der Waals surface area contributed by atoms with E-state index >= 15 is 0 Å². The number of nitrogens with zero attached hydrogens (tertiary/aromatic N) is 3. The van der Waals surface area contributed by atoms with E-state index in [4.69, 9.17) is 18.9 Å². The Morgan fingerprint density at radius 3 is 2.64 bits per heavy atom. The van der Waals surface area contributed by atoms with E-state index in [1.807, 2.05) is 18.3 Å². The highest BCUT2D eigenvalue weighted by molar-refractivity contribution is 6.03. The summed E-state index contributed by atoms with van der Waals surface area (Å²) >= 11 is 0. The molecular weight excluding hydrogens is 366 g/mol. The third-order valence-corrected chi connectivity index (χ3v) is 4.13. The van der Waals surface area contributed by atoms with Crippen molar-refractivity contribution < 1.29 is 28.5 Å². The molecule has 0 N–H and O–H groups in total. The van der Waals surface area contributed by atoms with Crippen molar-refractivity contribution in [3.05, 3.63) is 54.0 Å². The lowest BCUT2D eigenvalue weighted by molar-refractivity contribution is -0.140. The summed E-state index contributed by atoms with van der Waals surface area (Å²) in [5, 5.41) is 4.13. The molecule has 2 heterocycles. The van der Waals surface area contributed by atoms with Crippen LogP contribution < -0.4 is 9.64 Å². The van der Waals surface area contributed by atoms with Crippen molar-refractivity contribution in [2.24, 2.45) is 0 Å². The van der Waals surface area contributed by atoms with Crippen LogP contribution in [0.25, 0.3) is 0 Å². The fraction of sp³-hybridized carbons (Fsp3) is 0.316. The number of rotatable bonds is 7. The van der Waals surface area contributed by atoms with Crippen LogP contribution in [0.3, 0.4) is 0 Å². The molecule has 9 nitrogen and oxygen atoms in total. The van der Waals surface area contributed by atoms with Crippen LogP contribution in [0.1, 0.15) is 0 Å². The maximum absolute atomic E-state index is 12.4. The van der Waals surface area contributed by atoms with Crippen LogP contribution in [-0.2, 0) is 30.3 Å². The summed E-state index contributed by atoms with van der Waals surface area (Å²) in [6.45, 7) is 0.944. The molecule has 1 aliphatic heterocycles. The number of hydrogen-bond acceptors (Lipinski definition) is 8. The minimum absolute atomic E-state index is 0.0457. The summed E-state index contributed by atoms with van der Waals surface area (Å²) in [5.41, 5.74) is 0.736. The lowest BCUT2D eigenvalue weighted by atomic mass is 10.1. The highest BCUT2D eigenvalue weighted by atomic mass is 16.5. The fourth-order valence-corrected chi connectivity index (χ4v) is 2.82. The molecule has 1 aliphatic rings. The van der Waals surface area contributed by atoms with Crippen LogP contribution in [0.4, 0.5) is 5.69 Å². The van der Waals surface area contributed by atoms with Crippen LogP contribution in [-0.4, -0.2) is 55.9 Å². The molecule has 2 aromatic rings. The summed E-state index contributed by atoms with van der Waals surface area (Å²) in [7, 11) is 2.50. The average molecular weight is 387 g/mol. The molecule has 1 aromatic heterocycles. The van der Waals surface area contributed by atoms with Gasteiger partial charge in [0.05, 0.1) is 38.6 Å². The number of esters is 2. The Morgan fingerprint density at radius 2 is 1.93 bits per heavy atom. The number of hydrogen-bond donors (Lipinski definition) is 0. The molecule has 28 heavy (non-hydrogen) atoms. The van der Waals surface area contributed by atoms with Gasteiger partial charge in [0.25, 0.3) is 0 Å². The molecule has 0 amide bonds. The lowest BCUT2D eigenvalue weighted by Crippen LogP contribution is -2.39. The van der Waals surface area contributed by atoms with Crippen molar-refractivity contribution in [3.63, 3.8) is 0 Å². The van der Waals surface area contributed by atoms with Crippen LogP contribution in [0.5, 0.6) is 5.75 Å². The maximum atomic E-state index is 12.4. The van der Waals surface area contributed by atoms with Crippen LogP contribution in [0, 0.1) is 0 Å². The molecular formula is C19H21N3O6. The number of methoxy groups -OCH3 is 2. The minimum Gasteiger partial charge on any atom is -0.489 e. The van der Waals surface area contributed by atoms with Crippen molar-refractivity contribution in [1.82, 2.24) is 9.78 Å². The number of para-hydroxylation sites is 2. The first-order valence-electron chi connectivity index (χ1n) is 8.60. The van der Waals surface area contributed by atoms with Gasteiger partial charge in [-0.2, -0.15) is 5.10 Å². The van der Waals surface area contributed by atoms with E-state index in [2.05, 4.69) is 5.10 Å². The van der Waals surface area contributed by atoms with Gasteiger partial charge >= 0.3 is 11.9 Å². The minimum atomic E-state index is -0.657. The summed E-state index contributed by atoms with van der Waals surface area (Å²) < 4.78 is 22.8. The van der Waals surface area contributed by atoms with E-state index in [1.54, 1.807) is 34.0 Å². The van der Waals surface area contributed by atoms with Gasteiger partial charge in [-0.1, -0.05) is 12.1 Å². The zero-order valence-corrected chi connectivity index (χ0v) is 15.7. The maximum Gasteiger partial charge on any atom is 0.355 e. The smallest absolute Gasteiger partial charge is 0.355 e. The molecule has 0 spiro atoms. The molecule has 0 atom stereocenters. The van der Waals surface area contributed by atoms with Crippen molar-refractivity contribution in [2.45, 2.75) is 6.54 Å². The normalized spacial score (nSPS) is 14.0. The molecule has 0 saturated carbocycles. The van der Waals surface area contributed by atoms with E-state index in [0.717, 1.165) is 0 Å². The van der Waals surface area contributed by atoms with Gasteiger partial charge in [0.15, 0.2) is 0 Å². The summed E-state index contributed by atoms with van der Waals surface area (Å²) in [6.07, 6.45) is 3.54. The quantitative estimate of drug-likeness (QED) is 0.658. The third kappa shape index (κ3) is 4.15. The van der Waals surface area contributed by atoms with Crippen LogP contribution >= 0.6 is 0 Å². The SMILES string of the molecule is COC(=O)C1=C(C(=O)OC)N(c2ccccc2OCCn2cccn2)COC1. The van der Waals surface area contributed by atoms with Crippen LogP contribution in [0.15, 0.2) is 54.0 Å². The first kappa shape index (κ1) is 19.4. The Hall–Kier alpha value is -3.33. The van der Waals surface area contributed by atoms with Gasteiger partial charge in [-0.25, -0.2) is 9.59 Å². The highest BCUT2D eigenvalue weighted by Crippen LogP contribution is 2.34. The molecule has 0 unspecified atom stereocenters. The second-order valence-electron chi connectivity index (χ2n) is 5.80. The molecule has 0 fully saturated rings. The second-order valence-corrected chi connectivity index (χ2v) is 5.80. The van der Waals surface area contributed by atoms with Gasteiger partial charge in [-0.05, 0) is 18.2 Å². The van der Waals surface area contributed by atoms with Gasteiger partial charge in [0.1, 0.15) is 24.8 Å². The van der Waals surface area contributed by atoms with E-state index in [1.165, 1.54) is 14.2 Å². The zero-order valence-electron chi connectivity index (χ0n) is 15.7. The Bertz CT molecular complexity index is 862. The summed E-state index contributed by atoms with van der Waals surface area (Å²) in [6, 6.07) is 9.01. The monoisotopic (exact) mass is 387 g/mol. The number of carbonyl (C=O) groups is 2. The van der Waals surface area contributed by atoms with Gasteiger partial charge in [0, 0.05) is 12.4 Å². The van der Waals surface area contributed by atoms with Gasteiger partial charge in [-0.3, -0.25) is 4.68 Å². The summed E-state index contributed by atoms with van der Waals surface area (Å²) in [4.78, 5) is 26.1. The predicted octanol–water partition coefficient (Wildman–Crippen LogP) is 1.36. The highest BCUT2D eigenvalue weighted by Gasteiger charge is 2.33. The van der Waals surface area contributed by atoms with Crippen molar-refractivity contribution in [2.75, 3.05) is 39.1 Å². The van der Waals surface area contributed by atoms with Gasteiger partial charge in [0.2, 0.25) is 0 Å². The molecule has 0 aliphatic carbocycles. The van der Waals surface area contributed by atoms with E-state index < -0.39 is 11.9 Å². The molecule has 1 aromatic carbocycles. The standard InChI is InChI=1S/C19H21N3O6/c1-25-18(23)14-12-27-13-22(17(14)19(24)26-2)15-6-3-4-7-16(15)28-11-10-21-9-5-8-20-21/h3-9H,10-13H2,1-2H3. The largest absolute Gasteiger partial charge is 0.489 e. The van der Waals surface area contributed by atoms with Gasteiger partial charge < -0.3 is 23.8 Å². The molecule has 9 heteroatoms. The predicted molar refractivity (Wildman–Crippen MR) is 98.5 cm³/mol. The van der Waals surface area contributed by atoms with Crippen molar-refractivity contribution in [3.8, 4) is 5.75 Å². The van der Waals surface area contributed by atoms with E-state index in [9.17, 15) is 9.59 Å². The fourth-order valence-electron chi connectivity index (χ4n) is 2.82. The number of carbonyl (C=O) groups excluding carboxylic acids is 2. The number of ether oxygens (including phenoxy) is 4. The molecule has 0 bridgehead atoms. The first-order chi connectivity index (χ1) is 13.7. The molecule has 3 rings (SSSR count). The Morgan fingerprint density at radius 1 is 1.14 bits per heavy atom. The Labute approximate surface area is 162 Å². The van der Waals surface area contributed by atoms with Crippen molar-refractivity contribution >= 4 is 17.6 Å². The van der Waals surface area contributed by atoms with E-state index in [-0.39, 0.29) is 24.6 Å². The molecule has 148 valence electrons. The number of aromatic nitrogens is 2. The van der Waals surface area contributed by atoms with E-state index in [0.29, 0.717) is 24.6 Å². The number of anilines is 1. The third-order valence-electron chi connectivity index (χ3n) is 4.13.